The molecule has 0 spiro atoms. The molecule has 1 aliphatic heterocycles. The molecule has 3 aromatic carbocycles. The largest absolute Gasteiger partial charge is 0.467 e. The number of aromatic nitrogens is 1. The van der Waals surface area contributed by atoms with Crippen LogP contribution in [0.4, 0.5) is 18.9 Å². The van der Waals surface area contributed by atoms with Crippen LogP contribution in [-0.4, -0.2) is 43.5 Å². The van der Waals surface area contributed by atoms with E-state index >= 15 is 0 Å². The maximum atomic E-state index is 14.3. The average Bonchev–Trinajstić information content (AvgIpc) is 2.98. The van der Waals surface area contributed by atoms with E-state index in [9.17, 15) is 31.2 Å². The van der Waals surface area contributed by atoms with Gasteiger partial charge < -0.3 is 10.5 Å². The lowest BCUT2D eigenvalue weighted by atomic mass is 9.92. The highest BCUT2D eigenvalue weighted by Crippen LogP contribution is 2.42. The Labute approximate surface area is 246 Å². The topological polar surface area (TPSA) is 112 Å². The van der Waals surface area contributed by atoms with Crippen LogP contribution in [0.25, 0.3) is 21.9 Å². The second-order valence-corrected chi connectivity index (χ2v) is 12.2. The van der Waals surface area contributed by atoms with E-state index in [1.807, 2.05) is 37.3 Å². The Balaban J connectivity index is 1.91. The Morgan fingerprint density at radius 1 is 1.07 bits per heavy atom. The van der Waals surface area contributed by atoms with Crippen molar-refractivity contribution in [1.82, 2.24) is 8.87 Å². The number of alkyl halides is 3. The number of pyridine rings is 1. The van der Waals surface area contributed by atoms with Gasteiger partial charge in [-0.3, -0.25) is 9.36 Å². The molecular formula is C31H30F3N3O5S. The summed E-state index contributed by atoms with van der Waals surface area (Å²) in [5.74, 6) is -0.879. The molecule has 1 aromatic heterocycles. The first-order chi connectivity index (χ1) is 20.4. The number of carbonyl (C=O) groups is 1. The van der Waals surface area contributed by atoms with E-state index in [0.29, 0.717) is 18.4 Å². The Hall–Kier alpha value is -4.16. The maximum Gasteiger partial charge on any atom is 0.416 e. The summed E-state index contributed by atoms with van der Waals surface area (Å²) in [4.78, 5) is 26.9. The lowest BCUT2D eigenvalue weighted by Gasteiger charge is -2.36. The summed E-state index contributed by atoms with van der Waals surface area (Å²) in [6, 6.07) is 15.7. The van der Waals surface area contributed by atoms with Gasteiger partial charge in [-0.15, -0.1) is 0 Å². The molecule has 1 atom stereocenters. The van der Waals surface area contributed by atoms with Crippen LogP contribution in [0, 0.1) is 0 Å². The summed E-state index contributed by atoms with van der Waals surface area (Å²) >= 11 is 0. The first-order valence-electron chi connectivity index (χ1n) is 13.7. The molecule has 1 unspecified atom stereocenters. The molecule has 0 saturated carbocycles. The second kappa shape index (κ2) is 11.5. The molecule has 8 nitrogen and oxygen atoms in total. The fourth-order valence-electron chi connectivity index (χ4n) is 5.60. The van der Waals surface area contributed by atoms with Crippen LogP contribution in [-0.2, 0) is 32.2 Å². The number of nitrogen functional groups attached to an aromatic ring is 1. The van der Waals surface area contributed by atoms with E-state index in [4.69, 9.17) is 10.5 Å². The number of benzene rings is 3. The number of methoxy groups -OCH3 is 1. The van der Waals surface area contributed by atoms with Crippen molar-refractivity contribution >= 4 is 32.5 Å². The van der Waals surface area contributed by atoms with Gasteiger partial charge in [-0.05, 0) is 46.0 Å². The predicted octanol–water partition coefficient (Wildman–Crippen LogP) is 5.38. The number of halogens is 3. The SMILES string of the molecule is CCCCN1CC(C(=O)OC)n2c(c(-c3cccc(C(F)(F)F)c3)c(Cc3cccc4ccccc34)c(N)c2=O)S1(=O)=O. The summed E-state index contributed by atoms with van der Waals surface area (Å²) in [6.45, 7) is 1.52. The number of nitrogens with zero attached hydrogens (tertiary/aromatic N) is 2. The summed E-state index contributed by atoms with van der Waals surface area (Å²) < 4.78 is 77.0. The van der Waals surface area contributed by atoms with E-state index < -0.39 is 44.4 Å². The van der Waals surface area contributed by atoms with E-state index in [1.54, 1.807) is 12.1 Å². The number of unbranched alkanes of at least 4 members (excludes halogenated alkanes) is 1. The van der Waals surface area contributed by atoms with Crippen molar-refractivity contribution in [3.63, 3.8) is 0 Å². The fourth-order valence-corrected chi connectivity index (χ4v) is 7.51. The standard InChI is InChI=1S/C31H30F3N3O5S/c1-3-4-15-36-18-25(30(39)42-2)37-28(38)27(35)24(17-20-11-7-10-19-9-5-6-14-23(19)20)26(29(37)43(36,40)41)21-12-8-13-22(16-21)31(32,33)34/h5-14,16,25H,3-4,15,17-18,35H2,1-2H3. The van der Waals surface area contributed by atoms with Crippen molar-refractivity contribution in [3.05, 3.63) is 93.8 Å². The third-order valence-electron chi connectivity index (χ3n) is 7.74. The van der Waals surface area contributed by atoms with Crippen molar-refractivity contribution in [2.75, 3.05) is 25.9 Å². The molecule has 0 saturated heterocycles. The minimum absolute atomic E-state index is 0.0333. The summed E-state index contributed by atoms with van der Waals surface area (Å²) in [6.07, 6.45) is -3.71. The maximum absolute atomic E-state index is 14.3. The van der Waals surface area contributed by atoms with E-state index in [2.05, 4.69) is 0 Å². The Morgan fingerprint density at radius 3 is 2.47 bits per heavy atom. The highest BCUT2D eigenvalue weighted by Gasteiger charge is 2.44. The lowest BCUT2D eigenvalue weighted by molar-refractivity contribution is -0.145. The first kappa shape index (κ1) is 30.3. The Kier molecular flexibility index (Phi) is 8.10. The van der Waals surface area contributed by atoms with Gasteiger partial charge in [0, 0.05) is 25.1 Å². The zero-order valence-electron chi connectivity index (χ0n) is 23.5. The lowest BCUT2D eigenvalue weighted by Crippen LogP contribution is -2.50. The van der Waals surface area contributed by atoms with Gasteiger partial charge in [0.05, 0.1) is 12.7 Å². The molecule has 2 heterocycles. The Bertz CT molecular complexity index is 1880. The van der Waals surface area contributed by atoms with Gasteiger partial charge in [-0.2, -0.15) is 17.5 Å². The Morgan fingerprint density at radius 2 is 1.77 bits per heavy atom. The minimum Gasteiger partial charge on any atom is -0.467 e. The van der Waals surface area contributed by atoms with Gasteiger partial charge in [0.25, 0.3) is 15.6 Å². The number of hydrogen-bond donors (Lipinski definition) is 1. The molecular weight excluding hydrogens is 583 g/mol. The highest BCUT2D eigenvalue weighted by molar-refractivity contribution is 7.89. The number of fused-ring (bicyclic) bond motifs is 2. The van der Waals surface area contributed by atoms with Crippen molar-refractivity contribution in [2.24, 2.45) is 0 Å². The number of hydrogen-bond acceptors (Lipinski definition) is 6. The van der Waals surface area contributed by atoms with Crippen LogP contribution in [0.5, 0.6) is 0 Å². The molecule has 12 heteroatoms. The van der Waals surface area contributed by atoms with Crippen molar-refractivity contribution in [1.29, 1.82) is 0 Å². The highest BCUT2D eigenvalue weighted by atomic mass is 32.2. The van der Waals surface area contributed by atoms with Crippen molar-refractivity contribution in [2.45, 2.75) is 43.4 Å². The normalized spacial score (nSPS) is 16.6. The van der Waals surface area contributed by atoms with Crippen LogP contribution in [0.1, 0.15) is 42.5 Å². The number of esters is 1. The predicted molar refractivity (Wildman–Crippen MR) is 157 cm³/mol. The number of sulfonamides is 1. The molecule has 0 bridgehead atoms. The third kappa shape index (κ3) is 5.40. The molecule has 5 rings (SSSR count). The summed E-state index contributed by atoms with van der Waals surface area (Å²) in [5, 5.41) is 1.09. The van der Waals surface area contributed by atoms with E-state index in [-0.39, 0.29) is 41.9 Å². The van der Waals surface area contributed by atoms with E-state index in [0.717, 1.165) is 38.9 Å². The van der Waals surface area contributed by atoms with Gasteiger partial charge in [0.1, 0.15) is 11.7 Å². The van der Waals surface area contributed by atoms with Crippen LogP contribution < -0.4 is 11.3 Å². The average molecular weight is 614 g/mol. The molecule has 0 fully saturated rings. The third-order valence-corrected chi connectivity index (χ3v) is 9.64. The molecule has 1 aliphatic rings. The molecule has 226 valence electrons. The quantitative estimate of drug-likeness (QED) is 0.280. The molecule has 2 N–H and O–H groups in total. The van der Waals surface area contributed by atoms with Gasteiger partial charge in [-0.25, -0.2) is 13.2 Å². The molecule has 4 aromatic rings. The number of anilines is 1. The van der Waals surface area contributed by atoms with Gasteiger partial charge in [0.15, 0.2) is 5.03 Å². The van der Waals surface area contributed by atoms with Gasteiger partial charge in [0.2, 0.25) is 0 Å². The fraction of sp³-hybridized carbons (Fsp3) is 0.290. The molecule has 0 aliphatic carbocycles. The zero-order valence-corrected chi connectivity index (χ0v) is 24.3. The number of rotatable bonds is 7. The molecule has 0 radical (unpaired) electrons. The number of ether oxygens (including phenoxy) is 1. The number of nitrogens with two attached hydrogens (primary N) is 1. The smallest absolute Gasteiger partial charge is 0.416 e. The molecule has 43 heavy (non-hydrogen) atoms. The minimum atomic E-state index is -4.73. The van der Waals surface area contributed by atoms with Crippen LogP contribution in [0.2, 0.25) is 0 Å². The number of carbonyl (C=O) groups excluding carboxylic acids is 1. The van der Waals surface area contributed by atoms with E-state index in [1.165, 1.54) is 12.1 Å². The van der Waals surface area contributed by atoms with Gasteiger partial charge in [-0.1, -0.05) is 67.9 Å². The zero-order chi connectivity index (χ0) is 31.1. The first-order valence-corrected chi connectivity index (χ1v) is 15.1. The van der Waals surface area contributed by atoms with Crippen molar-refractivity contribution < 1.29 is 31.1 Å². The van der Waals surface area contributed by atoms with Crippen LogP contribution in [0.15, 0.2) is 76.6 Å². The van der Waals surface area contributed by atoms with Crippen LogP contribution >= 0.6 is 0 Å². The van der Waals surface area contributed by atoms with Crippen molar-refractivity contribution in [3.8, 4) is 11.1 Å². The van der Waals surface area contributed by atoms with Gasteiger partial charge >= 0.3 is 12.1 Å². The summed E-state index contributed by atoms with van der Waals surface area (Å²) in [7, 11) is -3.39. The summed E-state index contributed by atoms with van der Waals surface area (Å²) in [5.41, 5.74) is 4.61. The van der Waals surface area contributed by atoms with Crippen LogP contribution in [0.3, 0.4) is 0 Å². The molecule has 0 amide bonds. The monoisotopic (exact) mass is 613 g/mol. The second-order valence-electron chi connectivity index (χ2n) is 10.4.